The molecule has 2 N–H and O–H groups in total. The molecule has 4 aromatic rings. The molecular weight excluding hydrogens is 910 g/mol. The summed E-state index contributed by atoms with van der Waals surface area (Å²) in [5.74, 6) is -4.97. The number of carbonyl (C=O) groups is 4. The van der Waals surface area contributed by atoms with Crippen LogP contribution in [0, 0.1) is 27.2 Å². The van der Waals surface area contributed by atoms with Crippen LogP contribution in [0.4, 0.5) is 17.1 Å². The van der Waals surface area contributed by atoms with Gasteiger partial charge >= 0.3 is 0 Å². The number of allylic oxidation sites excluding steroid dienone is 2. The topological polar surface area (TPSA) is 138 Å². The van der Waals surface area contributed by atoms with E-state index in [-0.39, 0.29) is 41.2 Å². The summed E-state index contributed by atoms with van der Waals surface area (Å²) < 4.78 is 17.1. The fourth-order valence-corrected chi connectivity index (χ4v) is 11.1. The molecule has 2 aliphatic carbocycles. The largest absolute Gasteiger partial charge is 0.504 e. The third-order valence-electron chi connectivity index (χ3n) is 12.7. The van der Waals surface area contributed by atoms with Gasteiger partial charge in [-0.05, 0) is 119 Å². The van der Waals surface area contributed by atoms with Crippen molar-refractivity contribution in [3.05, 3.63) is 115 Å². The zero-order chi connectivity index (χ0) is 41.3. The Kier molecular flexibility index (Phi) is 10.3. The van der Waals surface area contributed by atoms with Gasteiger partial charge in [-0.25, -0.2) is 0 Å². The summed E-state index contributed by atoms with van der Waals surface area (Å²) in [5, 5.41) is 12.6. The van der Waals surface area contributed by atoms with E-state index in [1.165, 1.54) is 18.1 Å². The van der Waals surface area contributed by atoms with E-state index in [0.29, 0.717) is 50.1 Å². The molecule has 304 valence electrons. The first kappa shape index (κ1) is 39.6. The number of aromatic hydroxyl groups is 1. The number of phenolic OH excluding ortho intramolecular Hbond substituents is 1. The standard InChI is InChI=1S/C44H39Cl2IN4O8/c1-57-28-10-3-24(4-11-28)44-32(41(54)51(43(44)56)48-35-14-5-25(45)21-33(35)46)22-31-29(38(44)23-19-34(47)39(52)36(20-23)58-2)12-13-30-37(31)42(55)50(40(30)53)27-8-6-26(7-9-27)49-15-17-59-18-16-49/h3-12,14,19-21,30-32,37-38,48,52H,13,15-18,22H2,1-2H3. The Balaban J connectivity index is 1.19. The lowest BCUT2D eigenvalue weighted by molar-refractivity contribution is -0.138. The van der Waals surface area contributed by atoms with Gasteiger partial charge in [0.1, 0.15) is 5.75 Å². The highest BCUT2D eigenvalue weighted by Gasteiger charge is 2.70. The van der Waals surface area contributed by atoms with Crippen LogP contribution in [0.5, 0.6) is 17.2 Å². The molecule has 0 spiro atoms. The zero-order valence-corrected chi connectivity index (χ0v) is 35.7. The Morgan fingerprint density at radius 2 is 1.56 bits per heavy atom. The van der Waals surface area contributed by atoms with Gasteiger partial charge in [0, 0.05) is 29.7 Å². The molecule has 3 saturated heterocycles. The number of fused-ring (bicyclic) bond motifs is 4. The SMILES string of the molecule is COc1ccc(C23C(=O)N(Nc4ccc(Cl)cc4Cl)C(=O)C2CC2C(=CCC4C(=O)N(c5ccc(N6CCOCC6)cc5)C(=O)C42)C3c2cc(I)c(O)c(OC)c2)cc1. The quantitative estimate of drug-likeness (QED) is 0.105. The first-order valence-electron chi connectivity index (χ1n) is 19.3. The van der Waals surface area contributed by atoms with Crippen molar-refractivity contribution >= 4 is 86.5 Å². The fraction of sp³-hybridized carbons (Fsp3) is 0.318. The van der Waals surface area contributed by atoms with Gasteiger partial charge in [-0.3, -0.25) is 29.5 Å². The highest BCUT2D eigenvalue weighted by molar-refractivity contribution is 14.1. The molecule has 4 aromatic carbocycles. The highest BCUT2D eigenvalue weighted by atomic mass is 127. The molecule has 59 heavy (non-hydrogen) atoms. The number of ether oxygens (including phenoxy) is 3. The number of anilines is 3. The van der Waals surface area contributed by atoms with Gasteiger partial charge < -0.3 is 24.2 Å². The summed E-state index contributed by atoms with van der Waals surface area (Å²) in [6.07, 6.45) is 2.34. The van der Waals surface area contributed by atoms with Crippen LogP contribution in [-0.2, 0) is 29.3 Å². The van der Waals surface area contributed by atoms with Crippen LogP contribution < -0.4 is 24.7 Å². The lowest BCUT2D eigenvalue weighted by Gasteiger charge is -2.50. The molecule has 6 unspecified atom stereocenters. The molecule has 4 fully saturated rings. The Morgan fingerprint density at radius 3 is 2.24 bits per heavy atom. The minimum Gasteiger partial charge on any atom is -0.504 e. The molecule has 4 amide bonds. The number of halogens is 3. The summed E-state index contributed by atoms with van der Waals surface area (Å²) in [6, 6.07) is 22.7. The van der Waals surface area contributed by atoms with Gasteiger partial charge in [-0.2, -0.15) is 5.01 Å². The van der Waals surface area contributed by atoms with Crippen molar-refractivity contribution < 1.29 is 38.5 Å². The Bertz CT molecular complexity index is 2420. The molecule has 1 saturated carbocycles. The molecule has 15 heteroatoms. The number of hydrogen-bond donors (Lipinski definition) is 2. The molecule has 3 heterocycles. The van der Waals surface area contributed by atoms with Crippen molar-refractivity contribution in [2.45, 2.75) is 24.2 Å². The maximum absolute atomic E-state index is 15.6. The molecular formula is C44H39Cl2IN4O8. The van der Waals surface area contributed by atoms with Gasteiger partial charge in [-0.15, -0.1) is 0 Å². The molecule has 3 aliphatic heterocycles. The van der Waals surface area contributed by atoms with E-state index in [1.807, 2.05) is 40.8 Å². The maximum atomic E-state index is 15.6. The van der Waals surface area contributed by atoms with Crippen molar-refractivity contribution in [3.8, 4) is 17.2 Å². The van der Waals surface area contributed by atoms with E-state index >= 15 is 9.59 Å². The van der Waals surface area contributed by atoms with E-state index < -0.39 is 46.8 Å². The summed E-state index contributed by atoms with van der Waals surface area (Å²) in [7, 11) is 2.99. The number of hydrazine groups is 1. The summed E-state index contributed by atoms with van der Waals surface area (Å²) in [5.41, 5.74) is 5.11. The number of hydrogen-bond acceptors (Lipinski definition) is 10. The zero-order valence-electron chi connectivity index (χ0n) is 32.0. The number of carbonyl (C=O) groups excluding carboxylic acids is 4. The Hall–Kier alpha value is -4.83. The van der Waals surface area contributed by atoms with Crippen LogP contribution in [0.15, 0.2) is 90.5 Å². The molecule has 5 aliphatic rings. The van der Waals surface area contributed by atoms with Gasteiger partial charge in [0.15, 0.2) is 11.5 Å². The third-order valence-corrected chi connectivity index (χ3v) is 14.0. The molecule has 6 atom stereocenters. The number of phenols is 1. The molecule has 12 nitrogen and oxygen atoms in total. The number of imide groups is 2. The summed E-state index contributed by atoms with van der Waals surface area (Å²) in [6.45, 7) is 2.74. The van der Waals surface area contributed by atoms with Crippen molar-refractivity contribution in [3.63, 3.8) is 0 Å². The monoisotopic (exact) mass is 948 g/mol. The maximum Gasteiger partial charge on any atom is 0.260 e. The second kappa shape index (κ2) is 15.3. The van der Waals surface area contributed by atoms with Gasteiger partial charge in [0.05, 0.1) is 70.6 Å². The minimum absolute atomic E-state index is 0.0710. The van der Waals surface area contributed by atoms with E-state index in [1.54, 1.807) is 67.8 Å². The van der Waals surface area contributed by atoms with E-state index in [0.717, 1.165) is 29.4 Å². The highest BCUT2D eigenvalue weighted by Crippen LogP contribution is 2.65. The Labute approximate surface area is 364 Å². The number of nitrogens with one attached hydrogen (secondary N) is 1. The van der Waals surface area contributed by atoms with E-state index in [9.17, 15) is 14.7 Å². The van der Waals surface area contributed by atoms with Crippen LogP contribution in [0.2, 0.25) is 10.0 Å². The lowest BCUT2D eigenvalue weighted by Crippen LogP contribution is -2.53. The van der Waals surface area contributed by atoms with Gasteiger partial charge in [-0.1, -0.05) is 47.0 Å². The van der Waals surface area contributed by atoms with Crippen LogP contribution in [-0.4, -0.2) is 74.3 Å². The number of morpholine rings is 1. The fourth-order valence-electron chi connectivity index (χ4n) is 10.0. The third kappa shape index (κ3) is 6.26. The Morgan fingerprint density at radius 1 is 0.847 bits per heavy atom. The second-order valence-corrected chi connectivity index (χ2v) is 17.4. The average Bonchev–Trinajstić information content (AvgIpc) is 3.63. The molecule has 9 rings (SSSR count). The number of methoxy groups -OCH3 is 2. The molecule has 0 bridgehead atoms. The smallest absolute Gasteiger partial charge is 0.260 e. The summed E-state index contributed by atoms with van der Waals surface area (Å²) >= 11 is 14.8. The van der Waals surface area contributed by atoms with Crippen molar-refractivity contribution in [2.24, 2.45) is 23.7 Å². The number of amides is 4. The van der Waals surface area contributed by atoms with E-state index in [2.05, 4.69) is 10.3 Å². The van der Waals surface area contributed by atoms with Crippen LogP contribution >= 0.6 is 45.8 Å². The summed E-state index contributed by atoms with van der Waals surface area (Å²) in [4.78, 5) is 63.4. The molecule has 0 radical (unpaired) electrons. The van der Waals surface area contributed by atoms with Crippen LogP contribution in [0.25, 0.3) is 0 Å². The lowest BCUT2D eigenvalue weighted by atomic mass is 9.49. The normalized spacial score (nSPS) is 26.4. The first-order valence-corrected chi connectivity index (χ1v) is 21.1. The molecule has 0 aromatic heterocycles. The van der Waals surface area contributed by atoms with Crippen molar-refractivity contribution in [1.29, 1.82) is 0 Å². The van der Waals surface area contributed by atoms with Crippen LogP contribution in [0.1, 0.15) is 29.9 Å². The number of benzene rings is 4. The van der Waals surface area contributed by atoms with Gasteiger partial charge in [0.25, 0.3) is 11.8 Å². The predicted molar refractivity (Wildman–Crippen MR) is 230 cm³/mol. The first-order chi connectivity index (χ1) is 28.5. The van der Waals surface area contributed by atoms with Crippen LogP contribution in [0.3, 0.4) is 0 Å². The van der Waals surface area contributed by atoms with E-state index in [4.69, 9.17) is 37.4 Å². The van der Waals surface area contributed by atoms with Crippen molar-refractivity contribution in [2.75, 3.05) is 55.7 Å². The second-order valence-electron chi connectivity index (χ2n) is 15.4. The predicted octanol–water partition coefficient (Wildman–Crippen LogP) is 7.35. The minimum atomic E-state index is -1.57. The number of rotatable bonds is 8. The number of nitrogens with zero attached hydrogens (tertiary/aromatic N) is 3. The van der Waals surface area contributed by atoms with Gasteiger partial charge in [0.2, 0.25) is 11.8 Å². The van der Waals surface area contributed by atoms with Crippen molar-refractivity contribution in [1.82, 2.24) is 5.01 Å². The average molecular weight is 950 g/mol.